The summed E-state index contributed by atoms with van der Waals surface area (Å²) >= 11 is 3.13. The van der Waals surface area contributed by atoms with E-state index in [0.29, 0.717) is 10.0 Å². The van der Waals surface area contributed by atoms with Gasteiger partial charge in [0, 0.05) is 4.47 Å². The highest BCUT2D eigenvalue weighted by molar-refractivity contribution is 9.10. The number of hydrogen-bond donors (Lipinski definition) is 1. The summed E-state index contributed by atoms with van der Waals surface area (Å²) in [6.07, 6.45) is -7.21. The van der Waals surface area contributed by atoms with Crippen molar-refractivity contribution in [3.8, 4) is 5.75 Å². The molecule has 0 saturated heterocycles. The van der Waals surface area contributed by atoms with Crippen molar-refractivity contribution >= 4 is 21.9 Å². The predicted molar refractivity (Wildman–Crippen MR) is 59.4 cm³/mol. The number of aliphatic carboxylic acids is 1. The molecule has 0 aliphatic carbocycles. The van der Waals surface area contributed by atoms with Crippen LogP contribution in [0.4, 0.5) is 13.2 Å². The molecule has 0 radical (unpaired) electrons. The van der Waals surface area contributed by atoms with Crippen LogP contribution in [0.15, 0.2) is 22.7 Å². The van der Waals surface area contributed by atoms with Crippen LogP contribution < -0.4 is 4.74 Å². The molecule has 1 aromatic carbocycles. The van der Waals surface area contributed by atoms with Gasteiger partial charge >= 0.3 is 12.1 Å². The van der Waals surface area contributed by atoms with E-state index in [0.717, 1.165) is 0 Å². The highest BCUT2D eigenvalue weighted by Crippen LogP contribution is 2.39. The van der Waals surface area contributed by atoms with Gasteiger partial charge < -0.3 is 9.84 Å². The van der Waals surface area contributed by atoms with Gasteiger partial charge in [-0.3, -0.25) is 4.79 Å². The van der Waals surface area contributed by atoms with E-state index in [1.807, 2.05) is 0 Å². The van der Waals surface area contributed by atoms with Gasteiger partial charge in [0.1, 0.15) is 11.7 Å². The molecular weight excluding hydrogens is 317 g/mol. The zero-order valence-corrected chi connectivity index (χ0v) is 10.5. The van der Waals surface area contributed by atoms with Crippen LogP contribution in [0.1, 0.15) is 5.56 Å². The zero-order chi connectivity index (χ0) is 13.5. The Morgan fingerprint density at radius 1 is 1.44 bits per heavy atom. The second-order valence-electron chi connectivity index (χ2n) is 3.98. The Morgan fingerprint density at radius 3 is 2.67 bits per heavy atom. The normalized spacial score (nSPS) is 23.1. The average molecular weight is 325 g/mol. The Balaban J connectivity index is 2.41. The van der Waals surface area contributed by atoms with Crippen molar-refractivity contribution in [1.82, 2.24) is 0 Å². The monoisotopic (exact) mass is 324 g/mol. The standard InChI is InChI=1S/C11H8BrF3O3/c12-6-2-1-5-3-7(10(16)17)9(11(13,14)15)18-8(5)4-6/h1-2,4,7,9H,3H2,(H,16,17)/t7-,9+/m0/s1. The van der Waals surface area contributed by atoms with Gasteiger partial charge in [0.15, 0.2) is 0 Å². The van der Waals surface area contributed by atoms with Gasteiger partial charge in [-0.2, -0.15) is 13.2 Å². The molecule has 2 rings (SSSR count). The fourth-order valence-corrected chi connectivity index (χ4v) is 2.22. The molecule has 1 aliphatic heterocycles. The van der Waals surface area contributed by atoms with Crippen LogP contribution in [0.2, 0.25) is 0 Å². The Morgan fingerprint density at radius 2 is 2.11 bits per heavy atom. The van der Waals surface area contributed by atoms with Crippen LogP contribution in [0, 0.1) is 5.92 Å². The molecule has 2 atom stereocenters. The molecule has 0 spiro atoms. The van der Waals surface area contributed by atoms with Crippen LogP contribution >= 0.6 is 15.9 Å². The van der Waals surface area contributed by atoms with Gasteiger partial charge in [-0.1, -0.05) is 22.0 Å². The first-order valence-electron chi connectivity index (χ1n) is 5.03. The van der Waals surface area contributed by atoms with Crippen molar-refractivity contribution in [1.29, 1.82) is 0 Å². The predicted octanol–water partition coefficient (Wildman–Crippen LogP) is 3.02. The zero-order valence-electron chi connectivity index (χ0n) is 8.87. The lowest BCUT2D eigenvalue weighted by Gasteiger charge is -2.32. The summed E-state index contributed by atoms with van der Waals surface area (Å²) in [5.41, 5.74) is 0.464. The van der Waals surface area contributed by atoms with Crippen LogP contribution in [0.25, 0.3) is 0 Å². The van der Waals surface area contributed by atoms with E-state index in [1.54, 1.807) is 12.1 Å². The van der Waals surface area contributed by atoms with Crippen LogP contribution in [0.3, 0.4) is 0 Å². The Kier molecular flexibility index (Phi) is 3.27. The van der Waals surface area contributed by atoms with E-state index < -0.39 is 24.2 Å². The van der Waals surface area contributed by atoms with Crippen molar-refractivity contribution in [2.75, 3.05) is 0 Å². The molecular formula is C11H8BrF3O3. The molecule has 1 aliphatic rings. The van der Waals surface area contributed by atoms with Crippen LogP contribution in [-0.2, 0) is 11.2 Å². The molecule has 98 valence electrons. The fourth-order valence-electron chi connectivity index (χ4n) is 1.88. The molecule has 0 aromatic heterocycles. The molecule has 0 bridgehead atoms. The lowest BCUT2D eigenvalue weighted by molar-refractivity contribution is -0.217. The van der Waals surface area contributed by atoms with Gasteiger partial charge in [-0.15, -0.1) is 0 Å². The SMILES string of the molecule is O=C(O)[C@H]1Cc2ccc(Br)cc2O[C@H]1C(F)(F)F. The van der Waals surface area contributed by atoms with E-state index >= 15 is 0 Å². The molecule has 3 nitrogen and oxygen atoms in total. The number of benzene rings is 1. The van der Waals surface area contributed by atoms with Gasteiger partial charge in [0.25, 0.3) is 0 Å². The second-order valence-corrected chi connectivity index (χ2v) is 4.90. The van der Waals surface area contributed by atoms with Crippen LogP contribution in [0.5, 0.6) is 5.75 Å². The third-order valence-corrected chi connectivity index (χ3v) is 3.22. The number of ether oxygens (including phenoxy) is 1. The van der Waals surface area contributed by atoms with E-state index in [9.17, 15) is 18.0 Å². The van der Waals surface area contributed by atoms with Crippen molar-refractivity contribution < 1.29 is 27.8 Å². The highest BCUT2D eigenvalue weighted by atomic mass is 79.9. The number of carboxylic acid groups (broad SMARTS) is 1. The largest absolute Gasteiger partial charge is 0.481 e. The van der Waals surface area contributed by atoms with Crippen molar-refractivity contribution in [3.63, 3.8) is 0 Å². The average Bonchev–Trinajstić information content (AvgIpc) is 2.25. The summed E-state index contributed by atoms with van der Waals surface area (Å²) in [4.78, 5) is 10.9. The smallest absolute Gasteiger partial charge is 0.426 e. The molecule has 1 heterocycles. The van der Waals surface area contributed by atoms with Gasteiger partial charge in [-0.25, -0.2) is 0 Å². The molecule has 0 saturated carbocycles. The molecule has 1 aromatic rings. The Bertz CT molecular complexity index is 487. The summed E-state index contributed by atoms with van der Waals surface area (Å²) in [5.74, 6) is -3.05. The highest BCUT2D eigenvalue weighted by Gasteiger charge is 2.52. The van der Waals surface area contributed by atoms with E-state index in [4.69, 9.17) is 9.84 Å². The number of alkyl halides is 3. The fraction of sp³-hybridized carbons (Fsp3) is 0.364. The third-order valence-electron chi connectivity index (χ3n) is 2.73. The maximum atomic E-state index is 12.7. The Labute approximate surface area is 109 Å². The maximum absolute atomic E-state index is 12.7. The number of hydrogen-bond acceptors (Lipinski definition) is 2. The number of fused-ring (bicyclic) bond motifs is 1. The van der Waals surface area contributed by atoms with E-state index in [1.165, 1.54) is 6.07 Å². The first kappa shape index (κ1) is 13.2. The number of rotatable bonds is 1. The van der Waals surface area contributed by atoms with Crippen molar-refractivity contribution in [2.45, 2.75) is 18.7 Å². The topological polar surface area (TPSA) is 46.5 Å². The second kappa shape index (κ2) is 4.46. The first-order chi connectivity index (χ1) is 8.29. The summed E-state index contributed by atoms with van der Waals surface area (Å²) in [6.45, 7) is 0. The summed E-state index contributed by atoms with van der Waals surface area (Å²) in [6, 6.07) is 4.60. The van der Waals surface area contributed by atoms with E-state index in [-0.39, 0.29) is 12.2 Å². The quantitative estimate of drug-likeness (QED) is 0.863. The number of carboxylic acids is 1. The summed E-state index contributed by atoms with van der Waals surface area (Å²) in [7, 11) is 0. The minimum absolute atomic E-state index is 0.0733. The minimum atomic E-state index is -4.71. The maximum Gasteiger partial charge on any atom is 0.426 e. The van der Waals surface area contributed by atoms with E-state index in [2.05, 4.69) is 15.9 Å². The first-order valence-corrected chi connectivity index (χ1v) is 5.83. The van der Waals surface area contributed by atoms with Crippen LogP contribution in [-0.4, -0.2) is 23.4 Å². The minimum Gasteiger partial charge on any atom is -0.481 e. The third kappa shape index (κ3) is 2.45. The van der Waals surface area contributed by atoms with Gasteiger partial charge in [0.2, 0.25) is 6.10 Å². The van der Waals surface area contributed by atoms with Crippen molar-refractivity contribution in [3.05, 3.63) is 28.2 Å². The lowest BCUT2D eigenvalue weighted by Crippen LogP contribution is -2.47. The molecule has 0 fully saturated rings. The summed E-state index contributed by atoms with van der Waals surface area (Å²) in [5, 5.41) is 8.86. The number of halogens is 4. The number of carbonyl (C=O) groups is 1. The lowest BCUT2D eigenvalue weighted by atomic mass is 9.90. The Hall–Kier alpha value is -1.24. The van der Waals surface area contributed by atoms with Gasteiger partial charge in [0.05, 0.1) is 0 Å². The molecule has 7 heteroatoms. The molecule has 1 N–H and O–H groups in total. The van der Waals surface area contributed by atoms with Crippen molar-refractivity contribution in [2.24, 2.45) is 5.92 Å². The molecule has 0 unspecified atom stereocenters. The molecule has 18 heavy (non-hydrogen) atoms. The van der Waals surface area contributed by atoms with Gasteiger partial charge in [-0.05, 0) is 24.1 Å². The molecule has 0 amide bonds. The summed E-state index contributed by atoms with van der Waals surface area (Å²) < 4.78 is 43.6.